The summed E-state index contributed by atoms with van der Waals surface area (Å²) in [7, 11) is 0. The minimum atomic E-state index is 0.977. The Morgan fingerprint density at radius 2 is 1.30 bits per heavy atom. The summed E-state index contributed by atoms with van der Waals surface area (Å²) in [5.41, 5.74) is 5.33. The van der Waals surface area contributed by atoms with Gasteiger partial charge in [-0.2, -0.15) is 0 Å². The van der Waals surface area contributed by atoms with Gasteiger partial charge >= 0.3 is 0 Å². The van der Waals surface area contributed by atoms with Crippen LogP contribution in [0.2, 0.25) is 0 Å². The molecule has 0 N–H and O–H groups in total. The molecule has 5 rings (SSSR count). The van der Waals surface area contributed by atoms with Crippen LogP contribution in [0.4, 0.5) is 0 Å². The highest BCUT2D eigenvalue weighted by molar-refractivity contribution is 5.60. The summed E-state index contributed by atoms with van der Waals surface area (Å²) in [5, 5.41) is 0. The van der Waals surface area contributed by atoms with Gasteiger partial charge in [-0.3, -0.25) is 4.98 Å². The van der Waals surface area contributed by atoms with Crippen molar-refractivity contribution >= 4 is 0 Å². The average molecular weight is 362 g/mol. The van der Waals surface area contributed by atoms with E-state index in [4.69, 9.17) is 0 Å². The number of aryl methyl sites for hydroxylation is 2. The Balaban J connectivity index is 1.48. The second kappa shape index (κ2) is 9.53. The number of hydrogen-bond donors (Lipinski definition) is 0. The highest BCUT2D eigenvalue weighted by Crippen LogP contribution is 2.38. The fourth-order valence-corrected chi connectivity index (χ4v) is 5.30. The molecular weight excluding hydrogens is 326 g/mol. The Labute approximate surface area is 165 Å². The summed E-state index contributed by atoms with van der Waals surface area (Å²) in [4.78, 5) is 4.62. The van der Waals surface area contributed by atoms with Crippen LogP contribution in [0.15, 0.2) is 42.6 Å². The molecule has 3 aliphatic rings. The summed E-state index contributed by atoms with van der Waals surface area (Å²) in [6, 6.07) is 13.7. The molecule has 2 unspecified atom stereocenters. The number of nitrogens with zero attached hydrogens (tertiary/aromatic N) is 1. The minimum Gasteiger partial charge on any atom is -0.256 e. The third-order valence-electron chi connectivity index (χ3n) is 6.98. The van der Waals surface area contributed by atoms with Gasteiger partial charge < -0.3 is 0 Å². The smallest absolute Gasteiger partial charge is 0.0704 e. The van der Waals surface area contributed by atoms with E-state index < -0.39 is 0 Å². The largest absolute Gasteiger partial charge is 0.256 e. The van der Waals surface area contributed by atoms with Crippen molar-refractivity contribution in [3.63, 3.8) is 0 Å². The van der Waals surface area contributed by atoms with E-state index in [0.717, 1.165) is 17.5 Å². The van der Waals surface area contributed by atoms with E-state index in [-0.39, 0.29) is 0 Å². The normalized spacial score (nSPS) is 24.6. The fraction of sp³-hybridized carbons (Fsp3) is 0.577. The number of hydrogen-bond acceptors (Lipinski definition) is 1. The van der Waals surface area contributed by atoms with Crippen molar-refractivity contribution in [1.29, 1.82) is 0 Å². The fourth-order valence-electron chi connectivity index (χ4n) is 5.30. The first-order valence-corrected chi connectivity index (χ1v) is 11.4. The van der Waals surface area contributed by atoms with Gasteiger partial charge in [-0.15, -0.1) is 0 Å². The Hall–Kier alpha value is -1.63. The van der Waals surface area contributed by atoms with Crippen LogP contribution in [0.3, 0.4) is 0 Å². The highest BCUT2D eigenvalue weighted by atomic mass is 14.7. The van der Waals surface area contributed by atoms with E-state index in [9.17, 15) is 0 Å². The van der Waals surface area contributed by atoms with E-state index in [1.165, 1.54) is 100 Å². The van der Waals surface area contributed by atoms with Crippen molar-refractivity contribution in [3.8, 4) is 11.3 Å². The monoisotopic (exact) mass is 361 g/mol. The van der Waals surface area contributed by atoms with Gasteiger partial charge in [0.2, 0.25) is 0 Å². The predicted molar refractivity (Wildman–Crippen MR) is 115 cm³/mol. The lowest BCUT2D eigenvalue weighted by molar-refractivity contribution is 0.332. The maximum absolute atomic E-state index is 4.62. The van der Waals surface area contributed by atoms with Gasteiger partial charge in [0.1, 0.15) is 0 Å². The molecule has 2 aromatic rings. The SMILES string of the molecule is c1cc2cc(n1)-c1ccc(cc1)CCC1CCCC1CCCCCCCC2. The maximum Gasteiger partial charge on any atom is 0.0704 e. The third-order valence-corrected chi connectivity index (χ3v) is 6.98. The number of rotatable bonds is 0. The summed E-state index contributed by atoms with van der Waals surface area (Å²) >= 11 is 0. The van der Waals surface area contributed by atoms with Crippen LogP contribution >= 0.6 is 0 Å². The molecule has 1 aromatic carbocycles. The van der Waals surface area contributed by atoms with Crippen molar-refractivity contribution in [2.75, 3.05) is 0 Å². The molecule has 3 aliphatic carbocycles. The highest BCUT2D eigenvalue weighted by Gasteiger charge is 2.26. The Kier molecular flexibility index (Phi) is 6.61. The second-order valence-electron chi connectivity index (χ2n) is 8.90. The van der Waals surface area contributed by atoms with Crippen LogP contribution in [0.5, 0.6) is 0 Å². The van der Waals surface area contributed by atoms with E-state index in [1.54, 1.807) is 0 Å². The van der Waals surface area contributed by atoms with Crippen LogP contribution in [-0.4, -0.2) is 4.98 Å². The quantitative estimate of drug-likeness (QED) is 0.477. The summed E-state index contributed by atoms with van der Waals surface area (Å²) in [5.74, 6) is 1.99. The first-order valence-electron chi connectivity index (χ1n) is 11.4. The number of aromatic nitrogens is 1. The number of fused-ring (bicyclic) bond motifs is 10. The van der Waals surface area contributed by atoms with Crippen molar-refractivity contribution in [3.05, 3.63) is 53.7 Å². The van der Waals surface area contributed by atoms with Crippen molar-refractivity contribution in [2.45, 2.75) is 83.5 Å². The second-order valence-corrected chi connectivity index (χ2v) is 8.90. The van der Waals surface area contributed by atoms with E-state index in [0.29, 0.717) is 0 Å². The van der Waals surface area contributed by atoms with E-state index >= 15 is 0 Å². The Bertz CT molecular complexity index is 702. The average Bonchev–Trinajstić information content (AvgIpc) is 3.16. The van der Waals surface area contributed by atoms with Gasteiger partial charge in [0.25, 0.3) is 0 Å². The molecule has 0 aliphatic heterocycles. The lowest BCUT2D eigenvalue weighted by Gasteiger charge is -2.19. The molecule has 0 saturated heterocycles. The maximum atomic E-state index is 4.62. The molecule has 1 nitrogen and oxygen atoms in total. The van der Waals surface area contributed by atoms with Crippen LogP contribution < -0.4 is 0 Å². The first-order chi connectivity index (χ1) is 13.4. The summed E-state index contributed by atoms with van der Waals surface area (Å²) in [6.07, 6.45) is 20.2. The molecule has 1 saturated carbocycles. The van der Waals surface area contributed by atoms with Crippen LogP contribution in [-0.2, 0) is 12.8 Å². The molecule has 27 heavy (non-hydrogen) atoms. The van der Waals surface area contributed by atoms with Gasteiger partial charge in [0.15, 0.2) is 0 Å². The predicted octanol–water partition coefficient (Wildman–Crippen LogP) is 7.38. The molecule has 1 fully saturated rings. The molecule has 0 radical (unpaired) electrons. The van der Waals surface area contributed by atoms with Gasteiger partial charge in [-0.05, 0) is 60.8 Å². The summed E-state index contributed by atoms with van der Waals surface area (Å²) < 4.78 is 0. The molecule has 0 amide bonds. The van der Waals surface area contributed by atoms with Crippen LogP contribution in [0, 0.1) is 11.8 Å². The zero-order valence-corrected chi connectivity index (χ0v) is 16.8. The summed E-state index contributed by atoms with van der Waals surface area (Å²) in [6.45, 7) is 0. The Morgan fingerprint density at radius 3 is 2.15 bits per heavy atom. The molecule has 1 heteroatoms. The zero-order valence-electron chi connectivity index (χ0n) is 16.8. The molecule has 1 heterocycles. The zero-order chi connectivity index (χ0) is 18.3. The lowest BCUT2D eigenvalue weighted by atomic mass is 9.86. The molecule has 1 aromatic heterocycles. The molecule has 4 bridgehead atoms. The van der Waals surface area contributed by atoms with Crippen LogP contribution in [0.1, 0.15) is 81.8 Å². The third kappa shape index (κ3) is 5.21. The van der Waals surface area contributed by atoms with Gasteiger partial charge in [0.05, 0.1) is 5.69 Å². The Morgan fingerprint density at radius 1 is 0.593 bits per heavy atom. The van der Waals surface area contributed by atoms with Crippen molar-refractivity contribution in [2.24, 2.45) is 11.8 Å². The van der Waals surface area contributed by atoms with Gasteiger partial charge in [-0.1, -0.05) is 82.1 Å². The van der Waals surface area contributed by atoms with E-state index in [2.05, 4.69) is 41.4 Å². The lowest BCUT2D eigenvalue weighted by Crippen LogP contribution is -2.09. The van der Waals surface area contributed by atoms with Gasteiger partial charge in [0, 0.05) is 11.8 Å². The topological polar surface area (TPSA) is 12.9 Å². The van der Waals surface area contributed by atoms with Crippen molar-refractivity contribution < 1.29 is 0 Å². The molecule has 2 atom stereocenters. The molecular formula is C26H35N. The minimum absolute atomic E-state index is 0.977. The number of pyridine rings is 1. The van der Waals surface area contributed by atoms with E-state index in [1.807, 2.05) is 6.20 Å². The first kappa shape index (κ1) is 18.7. The van der Waals surface area contributed by atoms with Crippen molar-refractivity contribution in [1.82, 2.24) is 4.98 Å². The number of benzene rings is 1. The molecule has 144 valence electrons. The van der Waals surface area contributed by atoms with Crippen LogP contribution in [0.25, 0.3) is 11.3 Å². The molecule has 0 spiro atoms. The van der Waals surface area contributed by atoms with Gasteiger partial charge in [-0.25, -0.2) is 0 Å². The standard InChI is InChI=1S/C26H35N/c1-2-4-6-9-23-10-7-11-24(23)15-12-21-13-16-25(17-14-21)26-20-22(8-5-3-1)18-19-27-26/h13-14,16-20,23-24H,1-12,15H2.